The summed E-state index contributed by atoms with van der Waals surface area (Å²) in [7, 11) is 0. The van der Waals surface area contributed by atoms with Crippen LogP contribution in [-0.4, -0.2) is 10.9 Å². The summed E-state index contributed by atoms with van der Waals surface area (Å²) in [6.45, 7) is 1.39. The second-order valence-corrected chi connectivity index (χ2v) is 3.69. The van der Waals surface area contributed by atoms with E-state index >= 15 is 0 Å². The second kappa shape index (κ2) is 3.87. The lowest BCUT2D eigenvalue weighted by molar-refractivity contribution is -0.116. The zero-order valence-electron chi connectivity index (χ0n) is 6.97. The predicted octanol–water partition coefficient (Wildman–Crippen LogP) is 2.43. The number of phenols is 1. The van der Waals surface area contributed by atoms with E-state index in [2.05, 4.69) is 15.9 Å². The highest BCUT2D eigenvalue weighted by Gasteiger charge is 2.10. The summed E-state index contributed by atoms with van der Waals surface area (Å²) in [5.74, 6) is -1.28. The highest BCUT2D eigenvalue weighted by Crippen LogP contribution is 2.26. The van der Waals surface area contributed by atoms with E-state index in [0.717, 1.165) is 6.07 Å². The van der Waals surface area contributed by atoms with Gasteiger partial charge in [-0.15, -0.1) is 0 Å². The predicted molar refractivity (Wildman–Crippen MR) is 50.1 cm³/mol. The molecule has 0 saturated heterocycles. The van der Waals surface area contributed by atoms with E-state index in [4.69, 9.17) is 0 Å². The lowest BCUT2D eigenvalue weighted by Crippen LogP contribution is -1.97. The summed E-state index contributed by atoms with van der Waals surface area (Å²) < 4.78 is 13.4. The number of rotatable bonds is 2. The van der Waals surface area contributed by atoms with Crippen LogP contribution in [0, 0.1) is 5.82 Å². The number of aromatic hydroxyl groups is 1. The molecule has 0 bridgehead atoms. The molecule has 2 nitrogen and oxygen atoms in total. The molecule has 0 radical (unpaired) electrons. The van der Waals surface area contributed by atoms with Crippen molar-refractivity contribution in [1.82, 2.24) is 0 Å². The molecule has 0 aromatic heterocycles. The van der Waals surface area contributed by atoms with E-state index in [1.165, 1.54) is 13.0 Å². The van der Waals surface area contributed by atoms with Crippen LogP contribution >= 0.6 is 15.9 Å². The van der Waals surface area contributed by atoms with Crippen molar-refractivity contribution < 1.29 is 14.3 Å². The topological polar surface area (TPSA) is 37.3 Å². The largest absolute Gasteiger partial charge is 0.505 e. The molecular formula is C9H8BrFO2. The van der Waals surface area contributed by atoms with Gasteiger partial charge in [-0.2, -0.15) is 0 Å². The SMILES string of the molecule is CC(=O)Cc1cc(Br)cc(F)c1O. The third-order valence-corrected chi connectivity index (χ3v) is 2.00. The van der Waals surface area contributed by atoms with Crippen LogP contribution in [0.3, 0.4) is 0 Å². The van der Waals surface area contributed by atoms with Gasteiger partial charge in [-0.3, -0.25) is 4.79 Å². The Morgan fingerprint density at radius 3 is 2.77 bits per heavy atom. The molecule has 0 unspecified atom stereocenters. The van der Waals surface area contributed by atoms with Crippen LogP contribution in [0.2, 0.25) is 0 Å². The van der Waals surface area contributed by atoms with Crippen molar-refractivity contribution in [3.05, 3.63) is 28.0 Å². The Bertz CT molecular complexity index is 350. The van der Waals surface area contributed by atoms with Crippen molar-refractivity contribution in [2.45, 2.75) is 13.3 Å². The molecule has 0 amide bonds. The quantitative estimate of drug-likeness (QED) is 0.871. The average Bonchev–Trinajstić information content (AvgIpc) is 1.98. The zero-order valence-corrected chi connectivity index (χ0v) is 8.56. The second-order valence-electron chi connectivity index (χ2n) is 2.77. The van der Waals surface area contributed by atoms with Gasteiger partial charge in [0.25, 0.3) is 0 Å². The minimum Gasteiger partial charge on any atom is -0.505 e. The Morgan fingerprint density at radius 1 is 1.62 bits per heavy atom. The standard InChI is InChI=1S/C9H8BrFO2/c1-5(12)2-6-3-7(10)4-8(11)9(6)13/h3-4,13H,2H2,1H3. The number of phenolic OH excluding ortho intramolecular Hbond substituents is 1. The van der Waals surface area contributed by atoms with Crippen LogP contribution in [0.1, 0.15) is 12.5 Å². The normalized spacial score (nSPS) is 10.1. The van der Waals surface area contributed by atoms with Gasteiger partial charge in [-0.1, -0.05) is 15.9 Å². The number of carbonyl (C=O) groups is 1. The van der Waals surface area contributed by atoms with Crippen molar-refractivity contribution in [2.75, 3.05) is 0 Å². The van der Waals surface area contributed by atoms with Crippen molar-refractivity contribution in [3.63, 3.8) is 0 Å². The summed E-state index contributed by atoms with van der Waals surface area (Å²) in [5, 5.41) is 9.22. The molecule has 70 valence electrons. The van der Waals surface area contributed by atoms with E-state index in [1.807, 2.05) is 0 Å². The van der Waals surface area contributed by atoms with Crippen LogP contribution in [0.25, 0.3) is 0 Å². The fourth-order valence-electron chi connectivity index (χ4n) is 1.02. The van der Waals surface area contributed by atoms with Crippen LogP contribution in [-0.2, 0) is 11.2 Å². The van der Waals surface area contributed by atoms with Crippen molar-refractivity contribution in [1.29, 1.82) is 0 Å². The third kappa shape index (κ3) is 2.52. The van der Waals surface area contributed by atoms with Crippen LogP contribution in [0.5, 0.6) is 5.75 Å². The molecule has 0 aliphatic heterocycles. The molecule has 1 aromatic rings. The Balaban J connectivity index is 3.12. The maximum atomic E-state index is 12.9. The maximum Gasteiger partial charge on any atom is 0.166 e. The Morgan fingerprint density at radius 2 is 2.23 bits per heavy atom. The molecule has 0 heterocycles. The first-order valence-corrected chi connectivity index (χ1v) is 4.46. The molecule has 0 atom stereocenters. The smallest absolute Gasteiger partial charge is 0.166 e. The van der Waals surface area contributed by atoms with Gasteiger partial charge in [-0.25, -0.2) is 4.39 Å². The van der Waals surface area contributed by atoms with Crippen LogP contribution in [0.15, 0.2) is 16.6 Å². The molecule has 0 aliphatic rings. The summed E-state index contributed by atoms with van der Waals surface area (Å²) in [6.07, 6.45) is 0.0438. The Kier molecular flexibility index (Phi) is 3.03. The first-order chi connectivity index (χ1) is 6.00. The molecule has 0 saturated carbocycles. The van der Waals surface area contributed by atoms with Gasteiger partial charge < -0.3 is 5.11 Å². The minimum absolute atomic E-state index is 0.0438. The fraction of sp³-hybridized carbons (Fsp3) is 0.222. The van der Waals surface area contributed by atoms with E-state index in [0.29, 0.717) is 10.0 Å². The summed E-state index contributed by atoms with van der Waals surface area (Å²) in [6, 6.07) is 2.68. The minimum atomic E-state index is -0.717. The van der Waals surface area contributed by atoms with Crippen LogP contribution in [0.4, 0.5) is 4.39 Å². The number of Topliss-reactive ketones (excluding diaryl/α,β-unsaturated/α-hetero) is 1. The zero-order chi connectivity index (χ0) is 10.0. The van der Waals surface area contributed by atoms with E-state index in [1.54, 1.807) is 0 Å². The van der Waals surface area contributed by atoms with Gasteiger partial charge in [0.2, 0.25) is 0 Å². The van der Waals surface area contributed by atoms with Gasteiger partial charge in [0.15, 0.2) is 11.6 Å². The molecule has 0 spiro atoms. The number of halogens is 2. The van der Waals surface area contributed by atoms with Crippen LogP contribution < -0.4 is 0 Å². The highest BCUT2D eigenvalue weighted by molar-refractivity contribution is 9.10. The fourth-order valence-corrected chi connectivity index (χ4v) is 1.50. The number of hydrogen-bond acceptors (Lipinski definition) is 2. The summed E-state index contributed by atoms with van der Waals surface area (Å²) in [4.78, 5) is 10.7. The lowest BCUT2D eigenvalue weighted by atomic mass is 10.1. The Labute approximate surface area is 83.5 Å². The number of carbonyl (C=O) groups excluding carboxylic acids is 1. The van der Waals surface area contributed by atoms with Gasteiger partial charge in [0, 0.05) is 16.5 Å². The Hall–Kier alpha value is -0.900. The molecule has 4 heteroatoms. The van der Waals surface area contributed by atoms with Crippen molar-refractivity contribution in [2.24, 2.45) is 0 Å². The summed E-state index contributed by atoms with van der Waals surface area (Å²) in [5.41, 5.74) is 0.305. The first kappa shape index (κ1) is 10.2. The first-order valence-electron chi connectivity index (χ1n) is 3.67. The maximum absolute atomic E-state index is 12.9. The van der Waals surface area contributed by atoms with Gasteiger partial charge in [-0.05, 0) is 19.1 Å². The van der Waals surface area contributed by atoms with Crippen molar-refractivity contribution >= 4 is 21.7 Å². The number of benzene rings is 1. The van der Waals surface area contributed by atoms with E-state index in [9.17, 15) is 14.3 Å². The van der Waals surface area contributed by atoms with Gasteiger partial charge in [0.1, 0.15) is 5.78 Å². The molecule has 1 rings (SSSR count). The monoisotopic (exact) mass is 246 g/mol. The van der Waals surface area contributed by atoms with E-state index in [-0.39, 0.29) is 12.2 Å². The molecule has 0 aliphatic carbocycles. The van der Waals surface area contributed by atoms with Gasteiger partial charge >= 0.3 is 0 Å². The third-order valence-electron chi connectivity index (χ3n) is 1.55. The summed E-state index contributed by atoms with van der Waals surface area (Å²) >= 11 is 3.07. The number of hydrogen-bond donors (Lipinski definition) is 1. The molecular weight excluding hydrogens is 239 g/mol. The number of ketones is 1. The van der Waals surface area contributed by atoms with Crippen molar-refractivity contribution in [3.8, 4) is 5.75 Å². The molecule has 0 fully saturated rings. The average molecular weight is 247 g/mol. The van der Waals surface area contributed by atoms with Gasteiger partial charge in [0.05, 0.1) is 0 Å². The molecule has 13 heavy (non-hydrogen) atoms. The molecule has 1 N–H and O–H groups in total. The molecule has 1 aromatic carbocycles. The lowest BCUT2D eigenvalue weighted by Gasteiger charge is -2.03. The highest BCUT2D eigenvalue weighted by atomic mass is 79.9. The van der Waals surface area contributed by atoms with E-state index < -0.39 is 11.6 Å².